The Morgan fingerprint density at radius 2 is 0.217 bits per heavy atom. The molecule has 0 spiro atoms. The number of hydrogen-bond donors (Lipinski definition) is 0. The summed E-state index contributed by atoms with van der Waals surface area (Å²) in [7, 11) is 0. The maximum absolute atomic E-state index is 6.81. The van der Waals surface area contributed by atoms with Crippen LogP contribution in [0.25, 0.3) is 0 Å². The smallest absolute Gasteiger partial charge is 0.123 e. The third-order valence-corrected chi connectivity index (χ3v) is 20.0. The summed E-state index contributed by atoms with van der Waals surface area (Å²) in [6.45, 7) is 3.98. The van der Waals surface area contributed by atoms with Crippen LogP contribution in [-0.2, 0) is 96.9 Å². The topological polar surface area (TPSA) is 129 Å². The van der Waals surface area contributed by atoms with E-state index in [2.05, 4.69) is 22.6 Å². The minimum atomic E-state index is 0.143. The van der Waals surface area contributed by atoms with E-state index >= 15 is 0 Å². The van der Waals surface area contributed by atoms with Gasteiger partial charge in [-0.25, -0.2) is 0 Å². The maximum atomic E-state index is 6.81. The summed E-state index contributed by atoms with van der Waals surface area (Å²) >= 11 is 2.37. The van der Waals surface area contributed by atoms with Crippen molar-refractivity contribution in [2.24, 2.45) is 0 Å². The average Bonchev–Trinajstić information content (AvgIpc) is 0.847. The molecule has 0 heterocycles. The Bertz CT molecular complexity index is 4770. The first kappa shape index (κ1) is 81.4. The average molecular weight is 1700 g/mol. The van der Waals surface area contributed by atoms with Crippen molar-refractivity contribution in [2.75, 3.05) is 0 Å². The summed E-state index contributed by atoms with van der Waals surface area (Å²) in [5.41, 5.74) is 14.3. The second kappa shape index (κ2) is 42.9. The van der Waals surface area contributed by atoms with E-state index in [1.165, 1.54) is 0 Å². The third kappa shape index (κ3) is 26.1. The molecule has 0 aromatic heterocycles. The SMILES string of the molecule is ICc1cc(OCc2cc(OCc3cc(OCc4ccccc4)cc(OCc4ccccc4)c3)cc(OCc3cc(OCc4ccccc4)cc(OCc4ccccc4)c3)c2)cc(OCc2cc(OCc3cc(OCc4ccccc4)cc(OCc4ccccc4)c3)cc(OCc3cc(OCc4ccccc4)cc(OCc4ccccc4)c3)c2)c1. The molecule has 0 aliphatic heterocycles. The summed E-state index contributed by atoms with van der Waals surface area (Å²) in [5.74, 6) is 8.59. The van der Waals surface area contributed by atoms with Crippen molar-refractivity contribution in [3.05, 3.63) is 454 Å². The number of benzene rings is 15. The fraction of sp³-hybridized carbons (Fsp3) is 0.143. The molecule has 0 saturated heterocycles. The predicted molar refractivity (Wildman–Crippen MR) is 475 cm³/mol. The van der Waals surface area contributed by atoms with Gasteiger partial charge in [0.25, 0.3) is 0 Å². The molecule has 0 amide bonds. The van der Waals surface area contributed by atoms with Gasteiger partial charge in [0, 0.05) is 46.9 Å². The van der Waals surface area contributed by atoms with Gasteiger partial charge in [-0.3, -0.25) is 0 Å². The normalized spacial score (nSPS) is 10.9. The Labute approximate surface area is 715 Å². The van der Waals surface area contributed by atoms with Gasteiger partial charge < -0.3 is 66.3 Å². The lowest BCUT2D eigenvalue weighted by Crippen LogP contribution is -2.04. The molecular weight excluding hydrogens is 1610 g/mol. The van der Waals surface area contributed by atoms with E-state index in [0.29, 0.717) is 138 Å². The molecule has 0 N–H and O–H groups in total. The van der Waals surface area contributed by atoms with E-state index in [0.717, 1.165) is 83.5 Å². The largest absolute Gasteiger partial charge is 0.489 e. The lowest BCUT2D eigenvalue weighted by Gasteiger charge is -2.17. The predicted octanol–water partition coefficient (Wildman–Crippen LogP) is 24.7. The van der Waals surface area contributed by atoms with Crippen LogP contribution >= 0.6 is 22.6 Å². The maximum Gasteiger partial charge on any atom is 0.123 e. The molecule has 0 aliphatic rings. The first-order valence-electron chi connectivity index (χ1n) is 39.9. The van der Waals surface area contributed by atoms with Crippen molar-refractivity contribution >= 4 is 22.6 Å². The van der Waals surface area contributed by atoms with Gasteiger partial charge in [-0.05, 0) is 168 Å². The highest BCUT2D eigenvalue weighted by molar-refractivity contribution is 14.1. The number of ether oxygens (including phenoxy) is 14. The van der Waals surface area contributed by atoms with Crippen LogP contribution in [-0.4, -0.2) is 0 Å². The highest BCUT2D eigenvalue weighted by Crippen LogP contribution is 2.36. The molecule has 15 aromatic carbocycles. The molecule has 0 atom stereocenters. The number of hydrogen-bond acceptors (Lipinski definition) is 14. The van der Waals surface area contributed by atoms with E-state index in [9.17, 15) is 0 Å². The molecule has 14 nitrogen and oxygen atoms in total. The van der Waals surface area contributed by atoms with E-state index in [-0.39, 0.29) is 39.6 Å². The van der Waals surface area contributed by atoms with Crippen molar-refractivity contribution < 1.29 is 66.3 Å². The van der Waals surface area contributed by atoms with Crippen LogP contribution in [0.2, 0.25) is 0 Å². The Hall–Kier alpha value is -13.8. The van der Waals surface area contributed by atoms with Crippen LogP contribution in [0.4, 0.5) is 0 Å². The van der Waals surface area contributed by atoms with Crippen molar-refractivity contribution in [3.63, 3.8) is 0 Å². The zero-order valence-electron chi connectivity index (χ0n) is 66.4. The van der Waals surface area contributed by atoms with Gasteiger partial charge in [-0.1, -0.05) is 265 Å². The van der Waals surface area contributed by atoms with Gasteiger partial charge in [-0.15, -0.1) is 0 Å². The quantitative estimate of drug-likeness (QED) is 0.0265. The zero-order valence-corrected chi connectivity index (χ0v) is 68.6. The van der Waals surface area contributed by atoms with E-state index < -0.39 is 0 Å². The molecule has 0 radical (unpaired) electrons. The number of halogens is 1. The van der Waals surface area contributed by atoms with Gasteiger partial charge in [-0.2, -0.15) is 0 Å². The van der Waals surface area contributed by atoms with Gasteiger partial charge in [0.1, 0.15) is 173 Å². The van der Waals surface area contributed by atoms with Crippen LogP contribution in [0.15, 0.2) is 370 Å². The molecule has 602 valence electrons. The monoisotopic (exact) mass is 1700 g/mol. The molecule has 15 aromatic rings. The van der Waals surface area contributed by atoms with Gasteiger partial charge in [0.15, 0.2) is 0 Å². The summed E-state index contributed by atoms with van der Waals surface area (Å²) < 4.78 is 92.8. The van der Waals surface area contributed by atoms with Crippen molar-refractivity contribution in [1.29, 1.82) is 0 Å². The third-order valence-electron chi connectivity index (χ3n) is 19.2. The fourth-order valence-electron chi connectivity index (χ4n) is 13.1. The van der Waals surface area contributed by atoms with Crippen LogP contribution < -0.4 is 66.3 Å². The number of alkyl halides is 1. The summed E-state index contributed by atoms with van der Waals surface area (Å²) in [6.07, 6.45) is 0. The van der Waals surface area contributed by atoms with E-state index in [1.807, 2.05) is 370 Å². The fourth-order valence-corrected chi connectivity index (χ4v) is 13.5. The van der Waals surface area contributed by atoms with E-state index in [1.54, 1.807) is 0 Å². The molecule has 120 heavy (non-hydrogen) atoms. The molecule has 0 unspecified atom stereocenters. The van der Waals surface area contributed by atoms with Gasteiger partial charge in [0.05, 0.1) is 0 Å². The van der Waals surface area contributed by atoms with Gasteiger partial charge in [0.2, 0.25) is 0 Å². The minimum absolute atomic E-state index is 0.143. The van der Waals surface area contributed by atoms with Crippen LogP contribution in [0.1, 0.15) is 83.5 Å². The highest BCUT2D eigenvalue weighted by Gasteiger charge is 2.17. The standard InChI is InChI=1S/C105H91IO14/c106-62-85-41-92(115-71-90-51-102(117-73-86-43-94(107-63-77-25-9-1-10-26-77)56-95(44-86)108-64-78-27-11-2-12-28-78)60-103(52-90)118-74-87-45-96(109-65-79-29-13-3-14-30-79)57-97(46-87)110-66-80-31-15-4-16-32-80)55-93(42-85)116-72-91-53-104(119-75-88-47-98(111-67-81-33-17-5-18-34-81)58-99(48-88)112-68-82-35-19-6-20-36-82)61-105(54-91)120-76-89-49-100(113-69-83-37-21-7-22-38-83)59-101(50-89)114-70-84-39-23-8-24-40-84/h1-61H,62-76H2. The first-order valence-corrected chi connectivity index (χ1v) is 41.4. The molecule has 15 heteroatoms. The van der Waals surface area contributed by atoms with Gasteiger partial charge >= 0.3 is 0 Å². The zero-order chi connectivity index (χ0) is 81.4. The van der Waals surface area contributed by atoms with Crippen LogP contribution in [0.3, 0.4) is 0 Å². The Morgan fingerprint density at radius 3 is 0.325 bits per heavy atom. The molecule has 0 aliphatic carbocycles. The summed E-state index contributed by atoms with van der Waals surface area (Å²) in [6, 6.07) is 122. The molecular formula is C105H91IO14. The first-order chi connectivity index (χ1) is 59.2. The molecule has 0 fully saturated rings. The number of rotatable bonds is 43. The van der Waals surface area contributed by atoms with Crippen LogP contribution in [0.5, 0.6) is 80.5 Å². The second-order valence-electron chi connectivity index (χ2n) is 28.7. The van der Waals surface area contributed by atoms with Crippen molar-refractivity contribution in [2.45, 2.75) is 96.9 Å². The molecule has 15 rings (SSSR count). The summed E-state index contributed by atoms with van der Waals surface area (Å²) in [5, 5.41) is 0. The Kier molecular flexibility index (Phi) is 29.1. The summed E-state index contributed by atoms with van der Waals surface area (Å²) in [4.78, 5) is 0. The highest BCUT2D eigenvalue weighted by atomic mass is 127. The lowest BCUT2D eigenvalue weighted by molar-refractivity contribution is 0.270. The van der Waals surface area contributed by atoms with Crippen molar-refractivity contribution in [1.82, 2.24) is 0 Å². The molecule has 0 saturated carbocycles. The Morgan fingerprint density at radius 1 is 0.117 bits per heavy atom. The Balaban J connectivity index is 0.697. The van der Waals surface area contributed by atoms with Crippen molar-refractivity contribution in [3.8, 4) is 80.5 Å². The lowest BCUT2D eigenvalue weighted by atomic mass is 10.1. The molecule has 0 bridgehead atoms. The van der Waals surface area contributed by atoms with Crippen LogP contribution in [0, 0.1) is 0 Å². The second-order valence-corrected chi connectivity index (χ2v) is 29.5. The van der Waals surface area contributed by atoms with E-state index in [4.69, 9.17) is 66.3 Å². The minimum Gasteiger partial charge on any atom is -0.489 e.